The second-order valence-corrected chi connectivity index (χ2v) is 30.6. The van der Waals surface area contributed by atoms with Crippen molar-refractivity contribution < 1.29 is 80.2 Å². The standard InChI is InChI=1S/C38H36N3O8P.C26H21N3O4.C12H17O5P/c1-4-46-50(43,47-5-2)21-45-23-16-14-22(15-17-23)36-44-20-38(49-36)18-29-40-27-12-8-6-10-24(27)31-32-26(19-39-35(32)42)30-25-11-7-9-13-28(25)41(34(30)33(31)40)37(38,3)48-29;1-25-26(32,12-30)10-18(33-25)28-16-8-4-2-6-13(16)20-21-15(11-27-24(21)31)19-14-7-3-5-9-17(14)29(25)23(19)22(20)28;1-3-16-18(14,17-4-2)10-15-12-7-5-11(9-13)6-8-12/h6-17,29,36H,4-5,18-21H2,1-3H3,(H,39,42);2-9,18,30,32H,10-12H2,1H3,(H,27,31);5-9H,3-4,10H2,1-2H3/t29-,36?,37+,38+;18-,25+,26+;/m11./s1. The summed E-state index contributed by atoms with van der Waals surface area (Å²) in [7, 11) is -6.55. The average Bonchev–Trinajstić information content (AvgIpc) is 1.50. The van der Waals surface area contributed by atoms with Gasteiger partial charge in [-0.15, -0.1) is 0 Å². The van der Waals surface area contributed by atoms with Crippen LogP contribution >= 0.6 is 15.2 Å². The van der Waals surface area contributed by atoms with Gasteiger partial charge < -0.3 is 85.6 Å². The lowest BCUT2D eigenvalue weighted by molar-refractivity contribution is -0.194. The van der Waals surface area contributed by atoms with Crippen molar-refractivity contribution in [2.24, 2.45) is 0 Å². The third kappa shape index (κ3) is 9.59. The van der Waals surface area contributed by atoms with Crippen molar-refractivity contribution in [3.8, 4) is 11.5 Å². The van der Waals surface area contributed by atoms with Crippen LogP contribution in [0.4, 0.5) is 0 Å². The Morgan fingerprint density at radius 1 is 0.535 bits per heavy atom. The number of carbonyl (C=O) groups is 3. The Balaban J connectivity index is 0.000000128. The maximum atomic E-state index is 13.5. The number of nitrogens with zero attached hydrogens (tertiary/aromatic N) is 4. The number of benzene rings is 8. The van der Waals surface area contributed by atoms with Gasteiger partial charge in [0.25, 0.3) is 11.8 Å². The third-order valence-corrected chi connectivity index (χ3v) is 24.7. The lowest BCUT2D eigenvalue weighted by atomic mass is 9.89. The number of aliphatic hydroxyl groups is 2. The molecule has 25 heteroatoms. The molecule has 2 amide bonds. The van der Waals surface area contributed by atoms with Crippen LogP contribution in [-0.2, 0) is 70.7 Å². The second-order valence-electron chi connectivity index (χ2n) is 26.6. The van der Waals surface area contributed by atoms with Crippen molar-refractivity contribution in [2.45, 2.75) is 109 Å². The largest absolute Gasteiger partial charge is 0.481 e. The fourth-order valence-corrected chi connectivity index (χ4v) is 19.6. The smallest absolute Gasteiger partial charge is 0.367 e. The summed E-state index contributed by atoms with van der Waals surface area (Å²) < 4.78 is 93.4. The molecule has 4 bridgehead atoms. The van der Waals surface area contributed by atoms with Gasteiger partial charge in [-0.3, -0.25) is 23.5 Å². The summed E-state index contributed by atoms with van der Waals surface area (Å²) in [5, 5.41) is 36.4. The maximum absolute atomic E-state index is 13.5. The van der Waals surface area contributed by atoms with Crippen molar-refractivity contribution >= 4 is 121 Å². The molecular weight excluding hydrogens is 1330 g/mol. The Labute approximate surface area is 578 Å². The molecule has 19 rings (SSSR count). The van der Waals surface area contributed by atoms with E-state index in [1.54, 1.807) is 52.0 Å². The summed E-state index contributed by atoms with van der Waals surface area (Å²) in [6.45, 7) is 13.0. The van der Waals surface area contributed by atoms with E-state index in [0.29, 0.717) is 56.4 Å². The van der Waals surface area contributed by atoms with E-state index < -0.39 is 57.0 Å². The van der Waals surface area contributed by atoms with Crippen LogP contribution in [0.1, 0.15) is 121 Å². The van der Waals surface area contributed by atoms with E-state index in [-0.39, 0.29) is 50.4 Å². The number of hydrogen-bond donors (Lipinski definition) is 4. The van der Waals surface area contributed by atoms with Gasteiger partial charge in [-0.2, -0.15) is 0 Å². The van der Waals surface area contributed by atoms with Crippen molar-refractivity contribution in [3.05, 3.63) is 179 Å². The number of para-hydroxylation sites is 4. The van der Waals surface area contributed by atoms with E-state index >= 15 is 0 Å². The summed E-state index contributed by atoms with van der Waals surface area (Å²) >= 11 is 0. The van der Waals surface area contributed by atoms with Crippen molar-refractivity contribution in [3.63, 3.8) is 0 Å². The number of ether oxygens (including phenoxy) is 6. The molecule has 0 saturated carbocycles. The normalized spacial score (nSPS) is 23.7. The Hall–Kier alpha value is -8.77. The van der Waals surface area contributed by atoms with Crippen LogP contribution < -0.4 is 20.1 Å². The molecule has 0 radical (unpaired) electrons. The van der Waals surface area contributed by atoms with Gasteiger partial charge in [0.2, 0.25) is 0 Å². The van der Waals surface area contributed by atoms with Crippen LogP contribution in [0.2, 0.25) is 0 Å². The van der Waals surface area contributed by atoms with Crippen molar-refractivity contribution in [1.29, 1.82) is 0 Å². The van der Waals surface area contributed by atoms with Crippen molar-refractivity contribution in [2.75, 3.05) is 52.3 Å². The zero-order valence-corrected chi connectivity index (χ0v) is 58.1. The first-order chi connectivity index (χ1) is 48.9. The Kier molecular flexibility index (Phi) is 15.7. The number of amides is 2. The molecule has 4 N–H and O–H groups in total. The molecule has 8 aromatic carbocycles. The minimum atomic E-state index is -3.36. The minimum Gasteiger partial charge on any atom is -0.481 e. The first kappa shape index (κ1) is 65.5. The number of aromatic nitrogens is 4. The van der Waals surface area contributed by atoms with Gasteiger partial charge in [0.05, 0.1) is 94.9 Å². The highest BCUT2D eigenvalue weighted by Crippen LogP contribution is 2.63. The fourth-order valence-electron chi connectivity index (χ4n) is 16.9. The summed E-state index contributed by atoms with van der Waals surface area (Å²) in [4.78, 5) is 37.2. The van der Waals surface area contributed by atoms with E-state index in [2.05, 4.69) is 78.3 Å². The number of hydrogen-bond acceptors (Lipinski definition) is 17. The predicted octanol–water partition coefficient (Wildman–Crippen LogP) is 14.4. The van der Waals surface area contributed by atoms with Crippen LogP contribution in [-0.4, -0.2) is 110 Å². The van der Waals surface area contributed by atoms with Crippen LogP contribution in [0.5, 0.6) is 11.5 Å². The van der Waals surface area contributed by atoms with Crippen LogP contribution in [0.25, 0.3) is 87.2 Å². The monoisotopic (exact) mass is 1400 g/mol. The third-order valence-electron chi connectivity index (χ3n) is 21.2. The molecule has 101 heavy (non-hydrogen) atoms. The first-order valence-corrected chi connectivity index (χ1v) is 37.6. The highest BCUT2D eigenvalue weighted by atomic mass is 31.2. The molecule has 3 saturated heterocycles. The highest BCUT2D eigenvalue weighted by molar-refractivity contribution is 7.53. The zero-order valence-electron chi connectivity index (χ0n) is 56.4. The molecule has 4 aromatic heterocycles. The average molecular weight is 1410 g/mol. The lowest BCUT2D eigenvalue weighted by Gasteiger charge is -2.39. The molecule has 0 aliphatic carbocycles. The fraction of sp³-hybridized carbons (Fsp3) is 0.329. The van der Waals surface area contributed by atoms with Gasteiger partial charge in [0, 0.05) is 80.1 Å². The molecule has 23 nitrogen and oxygen atoms in total. The number of aldehydes is 1. The molecule has 3 fully saturated rings. The van der Waals surface area contributed by atoms with Gasteiger partial charge in [-0.25, -0.2) is 0 Å². The van der Waals surface area contributed by atoms with E-state index in [0.717, 1.165) is 121 Å². The lowest BCUT2D eigenvalue weighted by Crippen LogP contribution is -2.53. The predicted molar refractivity (Wildman–Crippen MR) is 380 cm³/mol. The number of fused-ring (bicyclic) bond motifs is 27. The summed E-state index contributed by atoms with van der Waals surface area (Å²) in [6, 6.07) is 46.7. The summed E-state index contributed by atoms with van der Waals surface area (Å²) in [6.07, 6.45) is -0.316. The molecule has 7 aliphatic heterocycles. The molecule has 1 spiro atoms. The SMILES string of the molecule is CCOP(=O)(COc1ccc(C2OC[C@]3(C[C@H]4O[C@]3(C)n3c5ccccc5c5c6c(c7c8ccccc8n4c7c53)C(=O)NC6)O2)cc1)OCC.CCOP(=O)(COc1ccc(C=O)cc1)OCC.C[C@]12O[C@H](C[C@]1(O)CO)n1c3ccccc3c3c4c(c5c6ccccc6n2c5c31)CNC4=O. The van der Waals surface area contributed by atoms with E-state index in [9.17, 15) is 33.7 Å². The van der Waals surface area contributed by atoms with E-state index in [1.807, 2.05) is 85.8 Å². The summed E-state index contributed by atoms with van der Waals surface area (Å²) in [5.41, 5.74) is 8.24. The van der Waals surface area contributed by atoms with Gasteiger partial charge in [-0.1, -0.05) is 84.9 Å². The Morgan fingerprint density at radius 2 is 0.950 bits per heavy atom. The van der Waals surface area contributed by atoms with Crippen LogP contribution in [0.3, 0.4) is 0 Å². The van der Waals surface area contributed by atoms with Gasteiger partial charge in [0.1, 0.15) is 41.4 Å². The molecule has 12 aromatic rings. The molecule has 7 atom stereocenters. The Morgan fingerprint density at radius 3 is 1.41 bits per heavy atom. The quantitative estimate of drug-likeness (QED) is 0.0488. The molecule has 520 valence electrons. The van der Waals surface area contributed by atoms with Gasteiger partial charge in [-0.05, 0) is 113 Å². The topological polar surface area (TPSA) is 262 Å². The highest BCUT2D eigenvalue weighted by Gasteiger charge is 2.66. The van der Waals surface area contributed by atoms with Gasteiger partial charge >= 0.3 is 15.2 Å². The van der Waals surface area contributed by atoms with Crippen molar-refractivity contribution in [1.82, 2.24) is 28.9 Å². The van der Waals surface area contributed by atoms with Crippen LogP contribution in [0.15, 0.2) is 146 Å². The number of rotatable bonds is 17. The van der Waals surface area contributed by atoms with Gasteiger partial charge in [0.15, 0.2) is 30.4 Å². The maximum Gasteiger partial charge on any atom is 0.367 e. The Bertz CT molecular complexity index is 5530. The van der Waals surface area contributed by atoms with E-state index in [1.165, 1.54) is 0 Å². The first-order valence-electron chi connectivity index (χ1n) is 34.2. The number of aliphatic hydroxyl groups excluding tert-OH is 1. The number of nitrogens with one attached hydrogen (secondary N) is 2. The molecule has 7 aliphatic rings. The minimum absolute atomic E-state index is 0.0379. The van der Waals surface area contributed by atoms with E-state index in [4.69, 9.17) is 46.5 Å². The summed E-state index contributed by atoms with van der Waals surface area (Å²) in [5.74, 6) is 0.954. The number of carbonyl (C=O) groups excluding carboxylic acids is 3. The molecule has 1 unspecified atom stereocenters. The second kappa shape index (κ2) is 24.2. The molecule has 11 heterocycles. The zero-order chi connectivity index (χ0) is 69.7. The molecular formula is C76H74N6O17P2. The van der Waals surface area contributed by atoms with Crippen LogP contribution in [0, 0.1) is 0 Å².